The molecule has 2 unspecified atom stereocenters. The molecule has 2 nitrogen and oxygen atoms in total. The topological polar surface area (TPSA) is 27.0 Å². The molecule has 0 radical (unpaired) electrons. The maximum Gasteiger partial charge on any atom is 0.0865 e. The van der Waals surface area contributed by atoms with E-state index in [4.69, 9.17) is 5.26 Å². The van der Waals surface area contributed by atoms with E-state index in [1.54, 1.807) is 0 Å². The molecule has 13 heavy (non-hydrogen) atoms. The number of nitrogens with zero attached hydrogens (tertiary/aromatic N) is 2. The standard InChI is InChI=1S/C11H20N2/c1-3-10-5-4-6-11(9-10)13(2)8-7-12/h10-11H,3-6,8-9H2,1-2H3. The molecule has 2 heteroatoms. The quantitative estimate of drug-likeness (QED) is 0.624. The Morgan fingerprint density at radius 2 is 2.23 bits per heavy atom. The van der Waals surface area contributed by atoms with E-state index in [-0.39, 0.29) is 0 Å². The van der Waals surface area contributed by atoms with Gasteiger partial charge in [0.15, 0.2) is 0 Å². The Hall–Kier alpha value is -0.550. The summed E-state index contributed by atoms with van der Waals surface area (Å²) in [7, 11) is 2.08. The molecule has 0 aliphatic heterocycles. The van der Waals surface area contributed by atoms with Gasteiger partial charge >= 0.3 is 0 Å². The molecule has 2 atom stereocenters. The second kappa shape index (κ2) is 5.24. The van der Waals surface area contributed by atoms with Gasteiger partial charge in [0.25, 0.3) is 0 Å². The molecule has 1 fully saturated rings. The van der Waals surface area contributed by atoms with Crippen molar-refractivity contribution in [1.82, 2.24) is 4.90 Å². The molecule has 0 bridgehead atoms. The lowest BCUT2D eigenvalue weighted by atomic mass is 9.83. The van der Waals surface area contributed by atoms with Crippen LogP contribution in [0.1, 0.15) is 39.0 Å². The van der Waals surface area contributed by atoms with E-state index in [0.29, 0.717) is 12.6 Å². The summed E-state index contributed by atoms with van der Waals surface area (Å²) in [6.45, 7) is 2.86. The van der Waals surface area contributed by atoms with Crippen LogP contribution in [0.4, 0.5) is 0 Å². The molecule has 0 aromatic rings. The molecule has 1 aliphatic carbocycles. The van der Waals surface area contributed by atoms with Crippen LogP contribution in [0.15, 0.2) is 0 Å². The van der Waals surface area contributed by atoms with Gasteiger partial charge in [-0.25, -0.2) is 0 Å². The van der Waals surface area contributed by atoms with E-state index in [9.17, 15) is 0 Å². The van der Waals surface area contributed by atoms with Crippen molar-refractivity contribution in [3.63, 3.8) is 0 Å². The monoisotopic (exact) mass is 180 g/mol. The zero-order valence-corrected chi connectivity index (χ0v) is 8.79. The molecule has 0 aromatic carbocycles. The van der Waals surface area contributed by atoms with E-state index in [2.05, 4.69) is 24.9 Å². The maximum absolute atomic E-state index is 8.60. The number of nitriles is 1. The lowest BCUT2D eigenvalue weighted by Crippen LogP contribution is -2.36. The largest absolute Gasteiger partial charge is 0.291 e. The first-order valence-corrected chi connectivity index (χ1v) is 5.35. The van der Waals surface area contributed by atoms with Gasteiger partial charge in [0.1, 0.15) is 0 Å². The Morgan fingerprint density at radius 1 is 1.46 bits per heavy atom. The van der Waals surface area contributed by atoms with Crippen LogP contribution in [-0.2, 0) is 0 Å². The highest BCUT2D eigenvalue weighted by molar-refractivity contribution is 4.83. The van der Waals surface area contributed by atoms with Crippen LogP contribution in [-0.4, -0.2) is 24.5 Å². The molecule has 0 aromatic heterocycles. The average molecular weight is 180 g/mol. The molecular weight excluding hydrogens is 160 g/mol. The van der Waals surface area contributed by atoms with Gasteiger partial charge in [-0.15, -0.1) is 0 Å². The summed E-state index contributed by atoms with van der Waals surface area (Å²) in [4.78, 5) is 2.21. The number of hydrogen-bond donors (Lipinski definition) is 0. The number of hydrogen-bond acceptors (Lipinski definition) is 2. The normalized spacial score (nSPS) is 28.8. The molecule has 0 heterocycles. The van der Waals surface area contributed by atoms with Crippen molar-refractivity contribution < 1.29 is 0 Å². The molecular formula is C11H20N2. The summed E-state index contributed by atoms with van der Waals surface area (Å²) in [5, 5.41) is 8.60. The highest BCUT2D eigenvalue weighted by atomic mass is 15.1. The van der Waals surface area contributed by atoms with Crippen LogP contribution in [0.3, 0.4) is 0 Å². The van der Waals surface area contributed by atoms with Crippen molar-refractivity contribution in [3.05, 3.63) is 0 Å². The minimum Gasteiger partial charge on any atom is -0.291 e. The van der Waals surface area contributed by atoms with Crippen molar-refractivity contribution in [2.75, 3.05) is 13.6 Å². The summed E-state index contributed by atoms with van der Waals surface area (Å²) in [6, 6.07) is 2.89. The summed E-state index contributed by atoms with van der Waals surface area (Å²) in [6.07, 6.45) is 6.63. The van der Waals surface area contributed by atoms with Crippen LogP contribution in [0.25, 0.3) is 0 Å². The third-order valence-corrected chi connectivity index (χ3v) is 3.28. The fourth-order valence-electron chi connectivity index (χ4n) is 2.27. The zero-order chi connectivity index (χ0) is 9.68. The molecule has 0 saturated heterocycles. The maximum atomic E-state index is 8.60. The lowest BCUT2D eigenvalue weighted by Gasteiger charge is -2.33. The minimum absolute atomic E-state index is 0.584. The van der Waals surface area contributed by atoms with Gasteiger partial charge in [-0.1, -0.05) is 26.2 Å². The van der Waals surface area contributed by atoms with Crippen LogP contribution in [0, 0.1) is 17.2 Å². The third-order valence-electron chi connectivity index (χ3n) is 3.28. The predicted molar refractivity (Wildman–Crippen MR) is 54.3 cm³/mol. The van der Waals surface area contributed by atoms with Crippen molar-refractivity contribution in [2.24, 2.45) is 5.92 Å². The number of rotatable bonds is 3. The van der Waals surface area contributed by atoms with E-state index in [1.165, 1.54) is 32.1 Å². The van der Waals surface area contributed by atoms with Crippen molar-refractivity contribution >= 4 is 0 Å². The fraction of sp³-hybridized carbons (Fsp3) is 0.909. The third kappa shape index (κ3) is 3.00. The Balaban J connectivity index is 2.37. The van der Waals surface area contributed by atoms with E-state index in [0.717, 1.165) is 5.92 Å². The van der Waals surface area contributed by atoms with Gasteiger partial charge in [-0.3, -0.25) is 4.90 Å². The van der Waals surface area contributed by atoms with Crippen molar-refractivity contribution in [2.45, 2.75) is 45.1 Å². The average Bonchev–Trinajstić information content (AvgIpc) is 2.18. The van der Waals surface area contributed by atoms with Crippen LogP contribution in [0.2, 0.25) is 0 Å². The van der Waals surface area contributed by atoms with Gasteiger partial charge in [0.2, 0.25) is 0 Å². The molecule has 74 valence electrons. The Bertz CT molecular complexity index is 183. The molecule has 0 amide bonds. The zero-order valence-electron chi connectivity index (χ0n) is 8.79. The van der Waals surface area contributed by atoms with E-state index >= 15 is 0 Å². The molecule has 1 aliphatic rings. The van der Waals surface area contributed by atoms with Crippen LogP contribution >= 0.6 is 0 Å². The van der Waals surface area contributed by atoms with E-state index < -0.39 is 0 Å². The smallest absolute Gasteiger partial charge is 0.0865 e. The fourth-order valence-corrected chi connectivity index (χ4v) is 2.27. The molecule has 0 spiro atoms. The van der Waals surface area contributed by atoms with Gasteiger partial charge in [-0.05, 0) is 25.8 Å². The predicted octanol–water partition coefficient (Wildman–Crippen LogP) is 2.41. The summed E-state index contributed by atoms with van der Waals surface area (Å²) in [5.41, 5.74) is 0. The molecule has 1 rings (SSSR count). The van der Waals surface area contributed by atoms with Gasteiger partial charge in [0, 0.05) is 6.04 Å². The SMILES string of the molecule is CCC1CCCC(N(C)CC#N)C1. The second-order valence-corrected chi connectivity index (χ2v) is 4.17. The Labute approximate surface area is 81.5 Å². The summed E-state index contributed by atoms with van der Waals surface area (Å²) < 4.78 is 0. The van der Waals surface area contributed by atoms with Crippen LogP contribution < -0.4 is 0 Å². The Morgan fingerprint density at radius 3 is 2.85 bits per heavy atom. The highest BCUT2D eigenvalue weighted by Gasteiger charge is 2.23. The summed E-state index contributed by atoms with van der Waals surface area (Å²) >= 11 is 0. The minimum atomic E-state index is 0.584. The second-order valence-electron chi connectivity index (χ2n) is 4.17. The lowest BCUT2D eigenvalue weighted by molar-refractivity contribution is 0.170. The first-order valence-electron chi connectivity index (χ1n) is 5.35. The van der Waals surface area contributed by atoms with Gasteiger partial charge in [-0.2, -0.15) is 5.26 Å². The van der Waals surface area contributed by atoms with Crippen molar-refractivity contribution in [1.29, 1.82) is 5.26 Å². The molecule has 1 saturated carbocycles. The van der Waals surface area contributed by atoms with Gasteiger partial charge < -0.3 is 0 Å². The molecule has 0 N–H and O–H groups in total. The van der Waals surface area contributed by atoms with Crippen LogP contribution in [0.5, 0.6) is 0 Å². The van der Waals surface area contributed by atoms with E-state index in [1.807, 2.05) is 0 Å². The highest BCUT2D eigenvalue weighted by Crippen LogP contribution is 2.28. The summed E-state index contributed by atoms with van der Waals surface area (Å²) in [5.74, 6) is 0.903. The van der Waals surface area contributed by atoms with Crippen molar-refractivity contribution in [3.8, 4) is 6.07 Å². The Kier molecular flexibility index (Phi) is 4.24. The first-order chi connectivity index (χ1) is 6.27. The van der Waals surface area contributed by atoms with Gasteiger partial charge in [0.05, 0.1) is 12.6 Å². The first kappa shape index (κ1) is 10.5.